The maximum atomic E-state index is 5.47. The third kappa shape index (κ3) is 2.14. The van der Waals surface area contributed by atoms with Crippen LogP contribution >= 0.6 is 0 Å². The lowest BCUT2D eigenvalue weighted by atomic mass is 10.1. The van der Waals surface area contributed by atoms with Crippen LogP contribution in [0.25, 0.3) is 5.65 Å². The molecule has 7 heteroatoms. The van der Waals surface area contributed by atoms with E-state index in [1.165, 1.54) is 17.5 Å². The number of tetrazole rings is 1. The first-order valence-corrected chi connectivity index (χ1v) is 6.80. The van der Waals surface area contributed by atoms with Gasteiger partial charge in [-0.1, -0.05) is 0 Å². The van der Waals surface area contributed by atoms with E-state index < -0.39 is 0 Å². The molecule has 1 unspecified atom stereocenters. The summed E-state index contributed by atoms with van der Waals surface area (Å²) in [5, 5.41) is 15.9. The molecule has 7 nitrogen and oxygen atoms in total. The summed E-state index contributed by atoms with van der Waals surface area (Å²) >= 11 is 0. The van der Waals surface area contributed by atoms with Crippen molar-refractivity contribution < 1.29 is 4.74 Å². The van der Waals surface area contributed by atoms with Gasteiger partial charge in [0.25, 0.3) is 0 Å². The number of hydrogen-bond donors (Lipinski definition) is 0. The molecule has 100 valence electrons. The fraction of sp³-hybridized carbons (Fsp3) is 0.667. The summed E-state index contributed by atoms with van der Waals surface area (Å²) < 4.78 is 6.96. The molecule has 0 radical (unpaired) electrons. The number of fused-ring (bicyclic) bond motifs is 1. The molecule has 2 aromatic heterocycles. The molecule has 1 atom stereocenters. The van der Waals surface area contributed by atoms with Crippen molar-refractivity contribution in [2.45, 2.75) is 25.3 Å². The Morgan fingerprint density at radius 1 is 1.32 bits per heavy atom. The van der Waals surface area contributed by atoms with Gasteiger partial charge in [-0.15, -0.1) is 14.8 Å². The average molecular weight is 260 g/mol. The molecular weight excluding hydrogens is 244 g/mol. The van der Waals surface area contributed by atoms with Crippen LogP contribution in [0.4, 0.5) is 5.82 Å². The zero-order chi connectivity index (χ0) is 12.7. The Labute approximate surface area is 110 Å². The highest BCUT2D eigenvalue weighted by atomic mass is 16.5. The van der Waals surface area contributed by atoms with E-state index in [1.54, 1.807) is 0 Å². The van der Waals surface area contributed by atoms with Crippen molar-refractivity contribution in [3.05, 3.63) is 12.1 Å². The number of aromatic nitrogens is 5. The fourth-order valence-corrected chi connectivity index (χ4v) is 2.61. The smallest absolute Gasteiger partial charge is 0.200 e. The van der Waals surface area contributed by atoms with Gasteiger partial charge in [0.05, 0.1) is 6.61 Å². The molecule has 0 N–H and O–H groups in total. The first-order valence-electron chi connectivity index (χ1n) is 6.80. The van der Waals surface area contributed by atoms with E-state index in [9.17, 15) is 0 Å². The van der Waals surface area contributed by atoms with Crippen LogP contribution in [0.5, 0.6) is 0 Å². The Bertz CT molecular complexity index is 574. The van der Waals surface area contributed by atoms with E-state index in [0.717, 1.165) is 32.0 Å². The van der Waals surface area contributed by atoms with Crippen LogP contribution in [0, 0.1) is 5.92 Å². The van der Waals surface area contributed by atoms with Gasteiger partial charge in [0, 0.05) is 25.1 Å². The summed E-state index contributed by atoms with van der Waals surface area (Å²) in [6.07, 6.45) is 3.65. The lowest BCUT2D eigenvalue weighted by molar-refractivity contribution is 0.186. The molecule has 3 heterocycles. The third-order valence-corrected chi connectivity index (χ3v) is 3.82. The minimum atomic E-state index is 0.618. The Kier molecular flexibility index (Phi) is 2.58. The highest BCUT2D eigenvalue weighted by Crippen LogP contribution is 2.32. The van der Waals surface area contributed by atoms with Gasteiger partial charge in [-0.2, -0.15) is 0 Å². The largest absolute Gasteiger partial charge is 0.381 e. The Morgan fingerprint density at radius 2 is 2.26 bits per heavy atom. The van der Waals surface area contributed by atoms with Crippen LogP contribution in [-0.2, 0) is 4.74 Å². The summed E-state index contributed by atoms with van der Waals surface area (Å²) in [5.74, 6) is 1.58. The van der Waals surface area contributed by atoms with Crippen LogP contribution in [0.1, 0.15) is 19.3 Å². The highest BCUT2D eigenvalue weighted by molar-refractivity contribution is 5.46. The van der Waals surface area contributed by atoms with Crippen LogP contribution in [-0.4, -0.2) is 51.1 Å². The van der Waals surface area contributed by atoms with Gasteiger partial charge >= 0.3 is 0 Å². The van der Waals surface area contributed by atoms with Crippen LogP contribution in [0.15, 0.2) is 12.1 Å². The van der Waals surface area contributed by atoms with Crippen molar-refractivity contribution >= 4 is 11.5 Å². The molecular formula is C12H16N6O. The number of hydrogen-bond acceptors (Lipinski definition) is 6. The predicted molar refractivity (Wildman–Crippen MR) is 67.9 cm³/mol. The van der Waals surface area contributed by atoms with E-state index in [0.29, 0.717) is 17.6 Å². The molecule has 1 saturated heterocycles. The maximum Gasteiger partial charge on any atom is 0.200 e. The minimum absolute atomic E-state index is 0.618. The van der Waals surface area contributed by atoms with E-state index in [4.69, 9.17) is 4.74 Å². The van der Waals surface area contributed by atoms with Crippen molar-refractivity contribution in [1.29, 1.82) is 0 Å². The Balaban J connectivity index is 1.61. The summed E-state index contributed by atoms with van der Waals surface area (Å²) in [4.78, 5) is 2.39. The van der Waals surface area contributed by atoms with Gasteiger partial charge < -0.3 is 9.64 Å². The van der Waals surface area contributed by atoms with Crippen molar-refractivity contribution in [2.75, 3.05) is 24.7 Å². The zero-order valence-electron chi connectivity index (χ0n) is 10.6. The molecule has 2 aromatic rings. The average Bonchev–Trinajstić information content (AvgIpc) is 2.96. The number of rotatable bonds is 4. The van der Waals surface area contributed by atoms with Gasteiger partial charge in [-0.05, 0) is 41.8 Å². The highest BCUT2D eigenvalue weighted by Gasteiger charge is 2.32. The van der Waals surface area contributed by atoms with Crippen LogP contribution < -0.4 is 4.90 Å². The molecule has 2 aliphatic rings. The van der Waals surface area contributed by atoms with E-state index in [1.807, 2.05) is 12.1 Å². The SMILES string of the molecule is c1cc2nnnn2nc1N(CC1CCOC1)C1CC1. The van der Waals surface area contributed by atoms with Crippen molar-refractivity contribution in [1.82, 2.24) is 25.3 Å². The van der Waals surface area contributed by atoms with E-state index in [-0.39, 0.29) is 0 Å². The fourth-order valence-electron chi connectivity index (χ4n) is 2.61. The summed E-state index contributed by atoms with van der Waals surface area (Å²) in [6, 6.07) is 4.56. The lowest BCUT2D eigenvalue weighted by Gasteiger charge is -2.25. The number of anilines is 1. The van der Waals surface area contributed by atoms with Crippen LogP contribution in [0.2, 0.25) is 0 Å². The summed E-state index contributed by atoms with van der Waals surface area (Å²) in [7, 11) is 0. The molecule has 0 aromatic carbocycles. The molecule has 0 spiro atoms. The van der Waals surface area contributed by atoms with Crippen molar-refractivity contribution in [3.8, 4) is 0 Å². The first-order chi connectivity index (χ1) is 9.40. The lowest BCUT2D eigenvalue weighted by Crippen LogP contribution is -2.33. The monoisotopic (exact) mass is 260 g/mol. The van der Waals surface area contributed by atoms with Crippen LogP contribution in [0.3, 0.4) is 0 Å². The zero-order valence-corrected chi connectivity index (χ0v) is 10.6. The number of nitrogens with zero attached hydrogens (tertiary/aromatic N) is 6. The molecule has 2 fully saturated rings. The second-order valence-electron chi connectivity index (χ2n) is 5.33. The van der Waals surface area contributed by atoms with E-state index in [2.05, 4.69) is 25.5 Å². The third-order valence-electron chi connectivity index (χ3n) is 3.82. The summed E-state index contributed by atoms with van der Waals surface area (Å²) in [5.41, 5.74) is 0.684. The molecule has 4 rings (SSSR count). The normalized spacial score (nSPS) is 23.1. The molecule has 1 aliphatic carbocycles. The quantitative estimate of drug-likeness (QED) is 0.798. The predicted octanol–water partition coefficient (Wildman–Crippen LogP) is 0.525. The second-order valence-corrected chi connectivity index (χ2v) is 5.33. The standard InChI is InChI=1S/C12H16N6O/c1-2-10(1)17(7-9-5-6-19-8-9)12-4-3-11-13-15-16-18(11)14-12/h3-4,9-10H,1-2,5-8H2. The second kappa shape index (κ2) is 4.41. The maximum absolute atomic E-state index is 5.47. The van der Waals surface area contributed by atoms with Gasteiger partial charge in [0.1, 0.15) is 0 Å². The van der Waals surface area contributed by atoms with E-state index >= 15 is 0 Å². The summed E-state index contributed by atoms with van der Waals surface area (Å²) in [6.45, 7) is 2.78. The van der Waals surface area contributed by atoms with Gasteiger partial charge in [-0.3, -0.25) is 0 Å². The van der Waals surface area contributed by atoms with Gasteiger partial charge in [-0.25, -0.2) is 0 Å². The molecule has 1 aliphatic heterocycles. The molecule has 1 saturated carbocycles. The Hall–Kier alpha value is -1.76. The Morgan fingerprint density at radius 3 is 3.05 bits per heavy atom. The van der Waals surface area contributed by atoms with Crippen molar-refractivity contribution in [3.63, 3.8) is 0 Å². The molecule has 19 heavy (non-hydrogen) atoms. The number of ether oxygens (including phenoxy) is 1. The van der Waals surface area contributed by atoms with Gasteiger partial charge in [0.2, 0.25) is 0 Å². The molecule has 0 bridgehead atoms. The van der Waals surface area contributed by atoms with Gasteiger partial charge in [0.15, 0.2) is 11.5 Å². The topological polar surface area (TPSA) is 68.4 Å². The van der Waals surface area contributed by atoms with Crippen molar-refractivity contribution in [2.24, 2.45) is 5.92 Å². The minimum Gasteiger partial charge on any atom is -0.381 e. The molecule has 0 amide bonds. The first kappa shape index (κ1) is 11.1.